The molecule has 0 aliphatic rings. The normalized spacial score (nSPS) is 10.3. The number of benzene rings is 3. The summed E-state index contributed by atoms with van der Waals surface area (Å²) in [6.45, 7) is 1.99. The van der Waals surface area contributed by atoms with E-state index in [9.17, 15) is 9.59 Å². The largest absolute Gasteiger partial charge is 0.452 e. The minimum Gasteiger partial charge on any atom is -0.452 e. The van der Waals surface area contributed by atoms with Gasteiger partial charge in [-0.3, -0.25) is 0 Å². The number of carbonyl (C=O) groups excluding carboxylic acids is 2. The van der Waals surface area contributed by atoms with Crippen molar-refractivity contribution in [1.82, 2.24) is 0 Å². The van der Waals surface area contributed by atoms with Crippen LogP contribution in [0.1, 0.15) is 16.7 Å². The lowest BCUT2D eigenvalue weighted by molar-refractivity contribution is -0.169. The van der Waals surface area contributed by atoms with Gasteiger partial charge in [-0.15, -0.1) is 0 Å². The van der Waals surface area contributed by atoms with Gasteiger partial charge in [0.15, 0.2) is 0 Å². The van der Waals surface area contributed by atoms with Crippen LogP contribution in [-0.2, 0) is 32.3 Å². The molecular weight excluding hydrogens is 340 g/mol. The molecule has 0 N–H and O–H groups in total. The van der Waals surface area contributed by atoms with Crippen LogP contribution in [-0.4, -0.2) is 11.9 Å². The number of carbonyl (C=O) groups is 2. The maximum absolute atomic E-state index is 11.8. The van der Waals surface area contributed by atoms with E-state index in [4.69, 9.17) is 9.47 Å². The number of hydrogen-bond donors (Lipinski definition) is 0. The van der Waals surface area contributed by atoms with E-state index in [1.165, 1.54) is 0 Å². The highest BCUT2D eigenvalue weighted by Gasteiger charge is 2.17. The monoisotopic (exact) mass is 360 g/mol. The fraction of sp³-hybridized carbons (Fsp3) is 0.130. The lowest BCUT2D eigenvalue weighted by atomic mass is 10.0. The number of hydrogen-bond acceptors (Lipinski definition) is 4. The van der Waals surface area contributed by atoms with Crippen molar-refractivity contribution >= 4 is 11.9 Å². The van der Waals surface area contributed by atoms with E-state index in [-0.39, 0.29) is 13.2 Å². The second-order valence-corrected chi connectivity index (χ2v) is 6.14. The molecule has 136 valence electrons. The van der Waals surface area contributed by atoms with Gasteiger partial charge in [-0.25, -0.2) is 9.59 Å². The molecule has 0 aromatic heterocycles. The van der Waals surface area contributed by atoms with Crippen LogP contribution in [0.5, 0.6) is 0 Å². The van der Waals surface area contributed by atoms with E-state index < -0.39 is 11.9 Å². The van der Waals surface area contributed by atoms with Gasteiger partial charge in [0, 0.05) is 0 Å². The highest BCUT2D eigenvalue weighted by atomic mass is 16.6. The Morgan fingerprint density at radius 2 is 1.22 bits per heavy atom. The second kappa shape index (κ2) is 8.81. The molecule has 0 atom stereocenters. The molecule has 0 heterocycles. The van der Waals surface area contributed by atoms with Gasteiger partial charge in [0.1, 0.15) is 13.2 Å². The van der Waals surface area contributed by atoms with Gasteiger partial charge in [0.2, 0.25) is 0 Å². The molecular formula is C23H20O4. The lowest BCUT2D eigenvalue weighted by Crippen LogP contribution is -2.20. The lowest BCUT2D eigenvalue weighted by Gasteiger charge is -2.08. The molecule has 0 aliphatic carbocycles. The van der Waals surface area contributed by atoms with Gasteiger partial charge >= 0.3 is 11.9 Å². The SMILES string of the molecule is Cc1ccccc1COC(=O)C(=O)OCc1ccc(-c2ccccc2)cc1. The maximum Gasteiger partial charge on any atom is 0.417 e. The van der Waals surface area contributed by atoms with Crippen molar-refractivity contribution in [3.63, 3.8) is 0 Å². The van der Waals surface area contributed by atoms with Crippen molar-refractivity contribution in [2.75, 3.05) is 0 Å². The second-order valence-electron chi connectivity index (χ2n) is 6.14. The third kappa shape index (κ3) is 5.05. The molecule has 0 fully saturated rings. The zero-order valence-electron chi connectivity index (χ0n) is 15.1. The summed E-state index contributed by atoms with van der Waals surface area (Å²) < 4.78 is 10.1. The van der Waals surface area contributed by atoms with Crippen molar-refractivity contribution in [3.8, 4) is 11.1 Å². The quantitative estimate of drug-likeness (QED) is 0.498. The van der Waals surface area contributed by atoms with Crippen LogP contribution in [0.15, 0.2) is 78.9 Å². The third-order valence-corrected chi connectivity index (χ3v) is 4.22. The molecule has 3 aromatic rings. The Labute approximate surface area is 158 Å². The summed E-state index contributed by atoms with van der Waals surface area (Å²) in [4.78, 5) is 23.6. The Morgan fingerprint density at radius 1 is 0.667 bits per heavy atom. The molecule has 3 rings (SSSR count). The molecule has 0 saturated heterocycles. The van der Waals surface area contributed by atoms with E-state index in [1.54, 1.807) is 0 Å². The Kier molecular flexibility index (Phi) is 6.00. The number of ether oxygens (including phenoxy) is 2. The summed E-state index contributed by atoms with van der Waals surface area (Å²) in [6.07, 6.45) is 0. The summed E-state index contributed by atoms with van der Waals surface area (Å²) >= 11 is 0. The number of aryl methyl sites for hydroxylation is 1. The first kappa shape index (κ1) is 18.4. The minimum atomic E-state index is -0.990. The van der Waals surface area contributed by atoms with Crippen LogP contribution in [0.2, 0.25) is 0 Å². The molecule has 0 amide bonds. The van der Waals surface area contributed by atoms with E-state index in [2.05, 4.69) is 0 Å². The third-order valence-electron chi connectivity index (χ3n) is 4.22. The molecule has 0 radical (unpaired) electrons. The number of rotatable bonds is 5. The molecule has 3 aromatic carbocycles. The molecule has 27 heavy (non-hydrogen) atoms. The van der Waals surface area contributed by atoms with Crippen LogP contribution >= 0.6 is 0 Å². The first-order valence-electron chi connectivity index (χ1n) is 8.66. The van der Waals surface area contributed by atoms with Crippen molar-refractivity contribution in [2.45, 2.75) is 20.1 Å². The average Bonchev–Trinajstić information content (AvgIpc) is 2.72. The highest BCUT2D eigenvalue weighted by molar-refractivity contribution is 6.29. The van der Waals surface area contributed by atoms with Crippen molar-refractivity contribution in [1.29, 1.82) is 0 Å². The highest BCUT2D eigenvalue weighted by Crippen LogP contribution is 2.19. The molecule has 4 heteroatoms. The van der Waals surface area contributed by atoms with Crippen LogP contribution in [0.25, 0.3) is 11.1 Å². The van der Waals surface area contributed by atoms with Crippen LogP contribution in [0.3, 0.4) is 0 Å². The standard InChI is InChI=1S/C23H20O4/c1-17-7-5-6-10-21(17)16-27-23(25)22(24)26-15-18-11-13-20(14-12-18)19-8-3-2-4-9-19/h2-14H,15-16H2,1H3. The fourth-order valence-corrected chi connectivity index (χ4v) is 2.61. The Morgan fingerprint density at radius 3 is 1.89 bits per heavy atom. The predicted molar refractivity (Wildman–Crippen MR) is 103 cm³/mol. The Hall–Kier alpha value is -3.40. The van der Waals surface area contributed by atoms with Crippen LogP contribution < -0.4 is 0 Å². The fourth-order valence-electron chi connectivity index (χ4n) is 2.61. The molecule has 0 spiro atoms. The topological polar surface area (TPSA) is 52.6 Å². The summed E-state index contributed by atoms with van der Waals surface area (Å²) in [5.41, 5.74) is 4.84. The van der Waals surface area contributed by atoms with Gasteiger partial charge in [0.25, 0.3) is 0 Å². The summed E-state index contributed by atoms with van der Waals surface area (Å²) in [7, 11) is 0. The number of esters is 2. The molecule has 0 unspecified atom stereocenters. The van der Waals surface area contributed by atoms with Gasteiger partial charge in [-0.05, 0) is 34.7 Å². The first-order valence-corrected chi connectivity index (χ1v) is 8.66. The Bertz CT molecular complexity index is 915. The summed E-state index contributed by atoms with van der Waals surface area (Å²) in [5, 5.41) is 0. The van der Waals surface area contributed by atoms with Gasteiger partial charge in [-0.1, -0.05) is 78.9 Å². The van der Waals surface area contributed by atoms with Crippen molar-refractivity contribution in [3.05, 3.63) is 95.6 Å². The van der Waals surface area contributed by atoms with Gasteiger partial charge in [0.05, 0.1) is 0 Å². The zero-order chi connectivity index (χ0) is 19.1. The summed E-state index contributed by atoms with van der Waals surface area (Å²) in [6, 6.07) is 25.1. The molecule has 0 bridgehead atoms. The van der Waals surface area contributed by atoms with E-state index in [0.29, 0.717) is 0 Å². The zero-order valence-corrected chi connectivity index (χ0v) is 15.1. The molecule has 4 nitrogen and oxygen atoms in total. The molecule has 0 aliphatic heterocycles. The average molecular weight is 360 g/mol. The summed E-state index contributed by atoms with van der Waals surface area (Å²) in [5.74, 6) is -1.98. The van der Waals surface area contributed by atoms with E-state index in [0.717, 1.165) is 27.8 Å². The minimum absolute atomic E-state index is 0.0212. The maximum atomic E-state index is 11.8. The van der Waals surface area contributed by atoms with E-state index in [1.807, 2.05) is 85.8 Å². The molecule has 0 saturated carbocycles. The van der Waals surface area contributed by atoms with Crippen molar-refractivity contribution < 1.29 is 19.1 Å². The predicted octanol–water partition coefficient (Wildman–Crippen LogP) is 4.45. The van der Waals surface area contributed by atoms with Crippen LogP contribution in [0.4, 0.5) is 0 Å². The van der Waals surface area contributed by atoms with E-state index >= 15 is 0 Å². The van der Waals surface area contributed by atoms with Crippen molar-refractivity contribution in [2.24, 2.45) is 0 Å². The Balaban J connectivity index is 1.50. The first-order chi connectivity index (χ1) is 13.1. The van der Waals surface area contributed by atoms with Crippen LogP contribution in [0, 0.1) is 6.92 Å². The van der Waals surface area contributed by atoms with Gasteiger partial charge < -0.3 is 9.47 Å². The van der Waals surface area contributed by atoms with Gasteiger partial charge in [-0.2, -0.15) is 0 Å². The smallest absolute Gasteiger partial charge is 0.417 e.